The van der Waals surface area contributed by atoms with Gasteiger partial charge in [0.05, 0.1) is 10.2 Å². The van der Waals surface area contributed by atoms with Gasteiger partial charge < -0.3 is 0 Å². The second-order valence-electron chi connectivity index (χ2n) is 4.70. The summed E-state index contributed by atoms with van der Waals surface area (Å²) in [7, 11) is 0. The lowest BCUT2D eigenvalue weighted by Gasteiger charge is -1.97. The molecular formula is C15H9ClN4S3. The van der Waals surface area contributed by atoms with Crippen molar-refractivity contribution < 1.29 is 0 Å². The van der Waals surface area contributed by atoms with E-state index in [1.165, 1.54) is 11.8 Å². The first-order valence-electron chi connectivity index (χ1n) is 6.67. The Balaban J connectivity index is 1.76. The van der Waals surface area contributed by atoms with Crippen molar-refractivity contribution in [3.63, 3.8) is 0 Å². The highest BCUT2D eigenvalue weighted by atomic mass is 35.5. The zero-order valence-electron chi connectivity index (χ0n) is 11.9. The smallest absolute Gasteiger partial charge is 0.180 e. The monoisotopic (exact) mass is 376 g/mol. The van der Waals surface area contributed by atoms with Crippen LogP contribution in [0.1, 0.15) is 5.01 Å². The second kappa shape index (κ2) is 6.16. The number of aromatic nitrogens is 4. The summed E-state index contributed by atoms with van der Waals surface area (Å²) < 4.78 is 1.96. The van der Waals surface area contributed by atoms with Gasteiger partial charge in [0.2, 0.25) is 0 Å². The summed E-state index contributed by atoms with van der Waals surface area (Å²) >= 11 is 10.7. The van der Waals surface area contributed by atoms with Crippen LogP contribution in [0.4, 0.5) is 0 Å². The van der Waals surface area contributed by atoms with Gasteiger partial charge in [-0.05, 0) is 42.4 Å². The Morgan fingerprint density at radius 2 is 1.87 bits per heavy atom. The maximum Gasteiger partial charge on any atom is 0.180 e. The van der Waals surface area contributed by atoms with Gasteiger partial charge >= 0.3 is 0 Å². The van der Waals surface area contributed by atoms with Crippen molar-refractivity contribution in [1.29, 1.82) is 0 Å². The highest BCUT2D eigenvalue weighted by Gasteiger charge is 2.13. The van der Waals surface area contributed by atoms with Crippen LogP contribution in [0.3, 0.4) is 0 Å². The molecule has 0 atom stereocenters. The summed E-state index contributed by atoms with van der Waals surface area (Å²) in [5, 5.41) is 10.8. The number of hydrogen-bond donors (Lipinski definition) is 0. The third-order valence-electron chi connectivity index (χ3n) is 3.10. The summed E-state index contributed by atoms with van der Waals surface area (Å²) in [6.45, 7) is 1.95. The summed E-state index contributed by atoms with van der Waals surface area (Å²) in [6.07, 6.45) is 1.59. The maximum absolute atomic E-state index is 5.96. The number of aryl methyl sites for hydroxylation is 1. The SMILES string of the molecule is Cc1nnc(Sc2ncnc3cc(-c4ccc(Cl)cc4)sc23)s1. The van der Waals surface area contributed by atoms with Crippen LogP contribution in [0.25, 0.3) is 20.7 Å². The molecule has 0 aliphatic heterocycles. The molecule has 4 nitrogen and oxygen atoms in total. The zero-order valence-corrected chi connectivity index (χ0v) is 15.1. The number of thiophene rings is 1. The largest absolute Gasteiger partial charge is 0.235 e. The first-order chi connectivity index (χ1) is 11.2. The summed E-state index contributed by atoms with van der Waals surface area (Å²) in [5.41, 5.74) is 2.07. The van der Waals surface area contributed by atoms with E-state index >= 15 is 0 Å². The zero-order chi connectivity index (χ0) is 15.8. The fraction of sp³-hybridized carbons (Fsp3) is 0.0667. The van der Waals surface area contributed by atoms with Gasteiger partial charge in [0.1, 0.15) is 16.4 Å². The van der Waals surface area contributed by atoms with E-state index in [1.807, 2.05) is 31.2 Å². The van der Waals surface area contributed by atoms with Gasteiger partial charge in [-0.2, -0.15) is 0 Å². The van der Waals surface area contributed by atoms with Gasteiger partial charge in [0.15, 0.2) is 4.34 Å². The molecule has 0 amide bonds. The molecule has 0 aliphatic rings. The predicted molar refractivity (Wildman–Crippen MR) is 96.6 cm³/mol. The normalized spacial score (nSPS) is 11.2. The van der Waals surface area contributed by atoms with E-state index < -0.39 is 0 Å². The fourth-order valence-electron chi connectivity index (χ4n) is 2.06. The average Bonchev–Trinajstić information content (AvgIpc) is 3.15. The highest BCUT2D eigenvalue weighted by molar-refractivity contribution is 8.01. The number of benzene rings is 1. The highest BCUT2D eigenvalue weighted by Crippen LogP contribution is 2.39. The fourth-order valence-corrected chi connectivity index (χ4v) is 5.17. The number of halogens is 1. The Morgan fingerprint density at radius 3 is 2.61 bits per heavy atom. The molecule has 0 aliphatic carbocycles. The van der Waals surface area contributed by atoms with Gasteiger partial charge in [-0.1, -0.05) is 35.1 Å². The lowest BCUT2D eigenvalue weighted by atomic mass is 10.2. The Kier molecular flexibility index (Phi) is 4.02. The Morgan fingerprint density at radius 1 is 1.04 bits per heavy atom. The van der Waals surface area contributed by atoms with Crippen LogP contribution < -0.4 is 0 Å². The van der Waals surface area contributed by atoms with Crippen molar-refractivity contribution in [2.45, 2.75) is 16.3 Å². The number of fused-ring (bicyclic) bond motifs is 1. The molecule has 114 valence electrons. The molecule has 4 rings (SSSR count). The number of rotatable bonds is 3. The van der Waals surface area contributed by atoms with E-state index in [0.717, 1.165) is 40.1 Å². The molecule has 0 N–H and O–H groups in total. The Hall–Kier alpha value is -1.54. The van der Waals surface area contributed by atoms with Crippen LogP contribution in [0.2, 0.25) is 5.02 Å². The minimum absolute atomic E-state index is 0.734. The van der Waals surface area contributed by atoms with Crippen molar-refractivity contribution in [2.24, 2.45) is 0 Å². The molecule has 0 unspecified atom stereocenters. The van der Waals surface area contributed by atoms with Crippen molar-refractivity contribution in [1.82, 2.24) is 20.2 Å². The van der Waals surface area contributed by atoms with Crippen LogP contribution in [0, 0.1) is 6.92 Å². The predicted octanol–water partition coefficient (Wildman–Crippen LogP) is 5.32. The van der Waals surface area contributed by atoms with Crippen LogP contribution in [0.15, 0.2) is 46.0 Å². The van der Waals surface area contributed by atoms with E-state index in [0.29, 0.717) is 0 Å². The molecule has 3 heterocycles. The quantitative estimate of drug-likeness (QED) is 0.453. The molecule has 0 bridgehead atoms. The van der Waals surface area contributed by atoms with E-state index in [4.69, 9.17) is 11.6 Å². The Labute approximate surface area is 149 Å². The van der Waals surface area contributed by atoms with Crippen molar-refractivity contribution >= 4 is 56.3 Å². The number of hydrogen-bond acceptors (Lipinski definition) is 7. The minimum Gasteiger partial charge on any atom is -0.235 e. The summed E-state index contributed by atoms with van der Waals surface area (Å²) in [5.74, 6) is 0. The molecule has 0 radical (unpaired) electrons. The number of nitrogens with zero attached hydrogens (tertiary/aromatic N) is 4. The lowest BCUT2D eigenvalue weighted by molar-refractivity contribution is 0.981. The van der Waals surface area contributed by atoms with Crippen LogP contribution >= 0.6 is 46.0 Å². The van der Waals surface area contributed by atoms with Gasteiger partial charge in [0, 0.05) is 9.90 Å². The summed E-state index contributed by atoms with van der Waals surface area (Å²) in [4.78, 5) is 9.94. The topological polar surface area (TPSA) is 51.6 Å². The molecule has 0 spiro atoms. The molecular weight excluding hydrogens is 368 g/mol. The van der Waals surface area contributed by atoms with E-state index in [9.17, 15) is 0 Å². The second-order valence-corrected chi connectivity index (χ2v) is 8.61. The molecule has 4 aromatic rings. The molecule has 0 saturated heterocycles. The van der Waals surface area contributed by atoms with Gasteiger partial charge in [-0.25, -0.2) is 9.97 Å². The van der Waals surface area contributed by atoms with E-state index in [1.54, 1.807) is 29.0 Å². The Bertz CT molecular complexity index is 978. The van der Waals surface area contributed by atoms with E-state index in [2.05, 4.69) is 26.2 Å². The van der Waals surface area contributed by atoms with Crippen molar-refractivity contribution in [2.75, 3.05) is 0 Å². The maximum atomic E-state index is 5.96. The van der Waals surface area contributed by atoms with Gasteiger partial charge in [-0.15, -0.1) is 21.5 Å². The first-order valence-corrected chi connectivity index (χ1v) is 9.50. The van der Waals surface area contributed by atoms with Gasteiger partial charge in [-0.3, -0.25) is 0 Å². The average molecular weight is 377 g/mol. The molecule has 1 aromatic carbocycles. The first kappa shape index (κ1) is 15.0. The van der Waals surface area contributed by atoms with Crippen LogP contribution in [0.5, 0.6) is 0 Å². The molecule has 3 aromatic heterocycles. The molecule has 8 heteroatoms. The third-order valence-corrected chi connectivity index (χ3v) is 6.55. The van der Waals surface area contributed by atoms with Crippen LogP contribution in [-0.4, -0.2) is 20.2 Å². The minimum atomic E-state index is 0.734. The third kappa shape index (κ3) is 3.10. The van der Waals surface area contributed by atoms with Crippen molar-refractivity contribution in [3.8, 4) is 10.4 Å². The lowest BCUT2D eigenvalue weighted by Crippen LogP contribution is -1.82. The molecule has 0 fully saturated rings. The summed E-state index contributed by atoms with van der Waals surface area (Å²) in [6, 6.07) is 9.91. The van der Waals surface area contributed by atoms with Crippen molar-refractivity contribution in [3.05, 3.63) is 46.7 Å². The van der Waals surface area contributed by atoms with E-state index in [-0.39, 0.29) is 0 Å². The standard InChI is InChI=1S/C15H9ClN4S3/c1-8-19-20-15(21-8)23-14-13-11(17-7-18-14)6-12(22-13)9-2-4-10(16)5-3-9/h2-7H,1H3. The van der Waals surface area contributed by atoms with Crippen LogP contribution in [-0.2, 0) is 0 Å². The molecule has 23 heavy (non-hydrogen) atoms. The van der Waals surface area contributed by atoms with Gasteiger partial charge in [0.25, 0.3) is 0 Å². The molecule has 0 saturated carbocycles.